The summed E-state index contributed by atoms with van der Waals surface area (Å²) in [7, 11) is 0. The van der Waals surface area contributed by atoms with Crippen LogP contribution in [-0.2, 0) is 4.74 Å². The molecular weight excluding hydrogens is 276 g/mol. The minimum atomic E-state index is -4.25. The number of carbonyl (C=O) groups excluding carboxylic acids is 1. The molecular formula is C14H16F4O2. The molecule has 20 heavy (non-hydrogen) atoms. The second-order valence-corrected chi connectivity index (χ2v) is 4.68. The zero-order valence-corrected chi connectivity index (χ0v) is 11.4. The standard InChI is InChI=1S/C14H16F4O2/c1-8-4-5-11(6-9(8)2)12(19)10(3)20-7-14(17,18)13(15)16/h4-6,10,13H,7H2,1-3H3. The van der Waals surface area contributed by atoms with Gasteiger partial charge in [-0.3, -0.25) is 4.79 Å². The summed E-state index contributed by atoms with van der Waals surface area (Å²) in [5.41, 5.74) is 2.17. The number of benzene rings is 1. The minimum absolute atomic E-state index is 0.306. The van der Waals surface area contributed by atoms with E-state index in [4.69, 9.17) is 0 Å². The molecule has 0 saturated heterocycles. The van der Waals surface area contributed by atoms with Gasteiger partial charge in [-0.15, -0.1) is 0 Å². The molecule has 0 aliphatic rings. The summed E-state index contributed by atoms with van der Waals surface area (Å²) < 4.78 is 53.9. The lowest BCUT2D eigenvalue weighted by Gasteiger charge is -2.18. The molecule has 6 heteroatoms. The normalized spacial score (nSPS) is 13.6. The fourth-order valence-electron chi connectivity index (χ4n) is 1.50. The molecule has 0 heterocycles. The van der Waals surface area contributed by atoms with E-state index in [1.807, 2.05) is 13.8 Å². The van der Waals surface area contributed by atoms with Gasteiger partial charge in [0.25, 0.3) is 0 Å². The van der Waals surface area contributed by atoms with Crippen molar-refractivity contribution in [3.63, 3.8) is 0 Å². The van der Waals surface area contributed by atoms with Crippen molar-refractivity contribution in [1.82, 2.24) is 0 Å². The Hall–Kier alpha value is -1.43. The molecule has 1 unspecified atom stereocenters. The first-order chi connectivity index (χ1) is 9.15. The summed E-state index contributed by atoms with van der Waals surface area (Å²) in [6.45, 7) is 3.46. The van der Waals surface area contributed by atoms with Crippen LogP contribution in [0, 0.1) is 13.8 Å². The maximum absolute atomic E-state index is 12.7. The number of Topliss-reactive ketones (excluding diaryl/α,β-unsaturated/α-hetero) is 1. The molecule has 0 bridgehead atoms. The number of ketones is 1. The van der Waals surface area contributed by atoms with Gasteiger partial charge in [-0.2, -0.15) is 8.78 Å². The molecule has 1 atom stereocenters. The van der Waals surface area contributed by atoms with E-state index in [-0.39, 0.29) is 0 Å². The Morgan fingerprint density at radius 1 is 1.25 bits per heavy atom. The van der Waals surface area contributed by atoms with Gasteiger partial charge in [-0.1, -0.05) is 12.1 Å². The van der Waals surface area contributed by atoms with Crippen molar-refractivity contribution < 1.29 is 27.1 Å². The molecule has 1 aromatic carbocycles. The topological polar surface area (TPSA) is 26.3 Å². The fraction of sp³-hybridized carbons (Fsp3) is 0.500. The Kier molecular flexibility index (Phi) is 5.28. The maximum Gasteiger partial charge on any atom is 0.330 e. The molecule has 1 rings (SSSR count). The first kappa shape index (κ1) is 16.6. The Morgan fingerprint density at radius 3 is 2.35 bits per heavy atom. The smallest absolute Gasteiger partial charge is 0.330 e. The summed E-state index contributed by atoms with van der Waals surface area (Å²) in [6.07, 6.45) is -5.02. The molecule has 0 fully saturated rings. The van der Waals surface area contributed by atoms with Crippen LogP contribution < -0.4 is 0 Å². The van der Waals surface area contributed by atoms with E-state index in [9.17, 15) is 22.4 Å². The van der Waals surface area contributed by atoms with Gasteiger partial charge in [-0.25, -0.2) is 8.78 Å². The first-order valence-electron chi connectivity index (χ1n) is 6.04. The SMILES string of the molecule is Cc1ccc(C(=O)C(C)OCC(F)(F)C(F)F)cc1C. The van der Waals surface area contributed by atoms with E-state index >= 15 is 0 Å². The molecule has 0 spiro atoms. The molecule has 0 aliphatic carbocycles. The monoisotopic (exact) mass is 292 g/mol. The van der Waals surface area contributed by atoms with Gasteiger partial charge in [0.1, 0.15) is 12.7 Å². The summed E-state index contributed by atoms with van der Waals surface area (Å²) in [4.78, 5) is 11.9. The maximum atomic E-state index is 12.7. The van der Waals surface area contributed by atoms with Crippen molar-refractivity contribution >= 4 is 5.78 Å². The molecule has 0 amide bonds. The third kappa shape index (κ3) is 4.03. The zero-order chi connectivity index (χ0) is 15.5. The van der Waals surface area contributed by atoms with Crippen LogP contribution in [0.4, 0.5) is 17.6 Å². The van der Waals surface area contributed by atoms with Crippen molar-refractivity contribution in [3.8, 4) is 0 Å². The number of hydrogen-bond donors (Lipinski definition) is 0. The lowest BCUT2D eigenvalue weighted by Crippen LogP contribution is -2.35. The van der Waals surface area contributed by atoms with Crippen LogP contribution in [0.2, 0.25) is 0 Å². The number of hydrogen-bond acceptors (Lipinski definition) is 2. The number of halogens is 4. The van der Waals surface area contributed by atoms with E-state index in [0.29, 0.717) is 5.56 Å². The molecule has 0 radical (unpaired) electrons. The Balaban J connectivity index is 2.70. The van der Waals surface area contributed by atoms with Gasteiger partial charge in [-0.05, 0) is 38.0 Å². The Labute approximate surface area is 114 Å². The molecule has 0 N–H and O–H groups in total. The number of alkyl halides is 4. The van der Waals surface area contributed by atoms with Gasteiger partial charge in [0.15, 0.2) is 5.78 Å². The van der Waals surface area contributed by atoms with Crippen molar-refractivity contribution in [2.24, 2.45) is 0 Å². The highest BCUT2D eigenvalue weighted by Crippen LogP contribution is 2.24. The Bertz CT molecular complexity index is 486. The minimum Gasteiger partial charge on any atom is -0.364 e. The molecule has 0 aromatic heterocycles. The van der Waals surface area contributed by atoms with Gasteiger partial charge in [0, 0.05) is 5.56 Å². The quantitative estimate of drug-likeness (QED) is 0.589. The largest absolute Gasteiger partial charge is 0.364 e. The van der Waals surface area contributed by atoms with Crippen LogP contribution in [0.25, 0.3) is 0 Å². The van der Waals surface area contributed by atoms with Crippen LogP contribution in [0.3, 0.4) is 0 Å². The van der Waals surface area contributed by atoms with Gasteiger partial charge >= 0.3 is 12.3 Å². The van der Waals surface area contributed by atoms with E-state index in [0.717, 1.165) is 11.1 Å². The number of rotatable bonds is 6. The van der Waals surface area contributed by atoms with Crippen molar-refractivity contribution in [1.29, 1.82) is 0 Å². The van der Waals surface area contributed by atoms with E-state index in [1.54, 1.807) is 18.2 Å². The molecule has 0 aliphatic heterocycles. The predicted octanol–water partition coefficient (Wildman–Crippen LogP) is 3.79. The summed E-state index contributed by atoms with van der Waals surface area (Å²) in [5.74, 6) is -4.77. The lowest BCUT2D eigenvalue weighted by molar-refractivity contribution is -0.170. The fourth-order valence-corrected chi connectivity index (χ4v) is 1.50. The summed E-state index contributed by atoms with van der Waals surface area (Å²) in [6, 6.07) is 4.89. The van der Waals surface area contributed by atoms with Crippen molar-refractivity contribution in [3.05, 3.63) is 34.9 Å². The average Bonchev–Trinajstić information content (AvgIpc) is 2.38. The predicted molar refractivity (Wildman–Crippen MR) is 66.6 cm³/mol. The number of ether oxygens (including phenoxy) is 1. The third-order valence-electron chi connectivity index (χ3n) is 3.01. The van der Waals surface area contributed by atoms with Crippen LogP contribution in [0.1, 0.15) is 28.4 Å². The van der Waals surface area contributed by atoms with Crippen LogP contribution in [0.15, 0.2) is 18.2 Å². The Morgan fingerprint density at radius 2 is 1.85 bits per heavy atom. The van der Waals surface area contributed by atoms with Gasteiger partial charge in [0.2, 0.25) is 0 Å². The third-order valence-corrected chi connectivity index (χ3v) is 3.01. The van der Waals surface area contributed by atoms with Crippen molar-refractivity contribution in [2.75, 3.05) is 6.61 Å². The highest BCUT2D eigenvalue weighted by atomic mass is 19.3. The van der Waals surface area contributed by atoms with E-state index in [1.165, 1.54) is 6.92 Å². The van der Waals surface area contributed by atoms with Crippen LogP contribution >= 0.6 is 0 Å². The van der Waals surface area contributed by atoms with Gasteiger partial charge in [0.05, 0.1) is 0 Å². The second-order valence-electron chi connectivity index (χ2n) is 4.68. The number of aryl methyl sites for hydroxylation is 2. The molecule has 112 valence electrons. The lowest BCUT2D eigenvalue weighted by atomic mass is 10.0. The van der Waals surface area contributed by atoms with Gasteiger partial charge < -0.3 is 4.74 Å². The molecule has 0 saturated carbocycles. The van der Waals surface area contributed by atoms with Crippen molar-refractivity contribution in [2.45, 2.75) is 39.2 Å². The summed E-state index contributed by atoms with van der Waals surface area (Å²) >= 11 is 0. The zero-order valence-electron chi connectivity index (χ0n) is 11.4. The highest BCUT2D eigenvalue weighted by Gasteiger charge is 2.41. The molecule has 2 nitrogen and oxygen atoms in total. The van der Waals surface area contributed by atoms with Crippen LogP contribution in [0.5, 0.6) is 0 Å². The van der Waals surface area contributed by atoms with Crippen LogP contribution in [-0.4, -0.2) is 30.8 Å². The summed E-state index contributed by atoms with van der Waals surface area (Å²) in [5, 5.41) is 0. The number of carbonyl (C=O) groups is 1. The highest BCUT2D eigenvalue weighted by molar-refractivity contribution is 5.99. The average molecular weight is 292 g/mol. The van der Waals surface area contributed by atoms with E-state index in [2.05, 4.69) is 4.74 Å². The second kappa shape index (κ2) is 6.35. The first-order valence-corrected chi connectivity index (χ1v) is 6.04. The molecule has 1 aromatic rings. The van der Waals surface area contributed by atoms with E-state index < -0.39 is 30.8 Å².